The van der Waals surface area contributed by atoms with Gasteiger partial charge < -0.3 is 29.0 Å². The molecule has 57 heavy (non-hydrogen) atoms. The molecular formula is C40H39F10NO6. The summed E-state index contributed by atoms with van der Waals surface area (Å²) in [6.07, 6.45) is -19.4. The Morgan fingerprint density at radius 3 is 1.81 bits per heavy atom. The van der Waals surface area contributed by atoms with Crippen LogP contribution in [0.1, 0.15) is 80.0 Å². The maximum atomic E-state index is 14.9. The standard InChI is InChI=1S/C40H39F10NO6/c1-20(2)30-17-31(34(54-7)18-32(30)41)29-10-8-25(38(42,43)44)14-24(29)19-51-22(5)36(23-12-26(39(45,46)47)15-27(13-23)40(48,49)50)57-37(52)56-33-11-9-28(53-6)16-35(33)55-21(3)4/h8-18,20-22,36,51H,19H2,1-7H3/t22-,36-/m0/s1. The highest BCUT2D eigenvalue weighted by Gasteiger charge is 2.39. The predicted octanol–water partition coefficient (Wildman–Crippen LogP) is 11.9. The highest BCUT2D eigenvalue weighted by molar-refractivity contribution is 5.75. The number of hydrogen-bond donors (Lipinski definition) is 1. The van der Waals surface area contributed by atoms with Crippen molar-refractivity contribution in [3.8, 4) is 34.1 Å². The van der Waals surface area contributed by atoms with Crippen LogP contribution in [0.5, 0.6) is 23.0 Å². The summed E-state index contributed by atoms with van der Waals surface area (Å²) < 4.78 is 168. The van der Waals surface area contributed by atoms with Crippen molar-refractivity contribution in [3.05, 3.63) is 106 Å². The molecule has 0 aliphatic carbocycles. The summed E-state index contributed by atoms with van der Waals surface area (Å²) in [7, 11) is 2.58. The molecule has 1 N–H and O–H groups in total. The Labute approximate surface area is 321 Å². The highest BCUT2D eigenvalue weighted by atomic mass is 19.4. The molecule has 0 amide bonds. The average Bonchev–Trinajstić information content (AvgIpc) is 3.11. The number of nitrogens with one attached hydrogen (secondary N) is 1. The number of rotatable bonds is 13. The molecule has 17 heteroatoms. The van der Waals surface area contributed by atoms with E-state index in [0.717, 1.165) is 24.3 Å². The van der Waals surface area contributed by atoms with Crippen LogP contribution in [0.25, 0.3) is 11.1 Å². The highest BCUT2D eigenvalue weighted by Crippen LogP contribution is 2.42. The van der Waals surface area contributed by atoms with Gasteiger partial charge in [0.15, 0.2) is 11.5 Å². The van der Waals surface area contributed by atoms with E-state index in [1.165, 1.54) is 45.4 Å². The molecule has 0 aliphatic rings. The maximum Gasteiger partial charge on any atom is 0.514 e. The minimum atomic E-state index is -5.28. The molecular weight excluding hydrogens is 780 g/mol. The van der Waals surface area contributed by atoms with Crippen LogP contribution in [0, 0.1) is 5.82 Å². The molecule has 0 aliphatic heterocycles. The smallest absolute Gasteiger partial charge is 0.497 e. The van der Waals surface area contributed by atoms with Gasteiger partial charge in [0.2, 0.25) is 0 Å². The first kappa shape index (κ1) is 44.5. The molecule has 4 aromatic carbocycles. The van der Waals surface area contributed by atoms with E-state index in [1.807, 2.05) is 0 Å². The van der Waals surface area contributed by atoms with Crippen molar-refractivity contribution in [1.82, 2.24) is 5.32 Å². The van der Waals surface area contributed by atoms with Crippen LogP contribution in [-0.2, 0) is 29.8 Å². The van der Waals surface area contributed by atoms with Crippen LogP contribution in [0.4, 0.5) is 48.7 Å². The van der Waals surface area contributed by atoms with E-state index in [4.69, 9.17) is 23.7 Å². The Morgan fingerprint density at radius 1 is 0.667 bits per heavy atom. The van der Waals surface area contributed by atoms with E-state index in [2.05, 4.69) is 5.32 Å². The number of benzene rings is 4. The van der Waals surface area contributed by atoms with Crippen molar-refractivity contribution < 1.29 is 72.4 Å². The Morgan fingerprint density at radius 2 is 1.28 bits per heavy atom. The van der Waals surface area contributed by atoms with Gasteiger partial charge in [-0.1, -0.05) is 19.9 Å². The fraction of sp³-hybridized carbons (Fsp3) is 0.375. The zero-order chi connectivity index (χ0) is 42.6. The van der Waals surface area contributed by atoms with E-state index in [-0.39, 0.29) is 51.5 Å². The topological polar surface area (TPSA) is 75.3 Å². The van der Waals surface area contributed by atoms with Gasteiger partial charge in [-0.3, -0.25) is 0 Å². The van der Waals surface area contributed by atoms with Crippen LogP contribution >= 0.6 is 0 Å². The van der Waals surface area contributed by atoms with Gasteiger partial charge in [0.05, 0.1) is 37.0 Å². The first-order valence-corrected chi connectivity index (χ1v) is 17.3. The summed E-state index contributed by atoms with van der Waals surface area (Å²) in [4.78, 5) is 13.3. The quantitative estimate of drug-likeness (QED) is 0.0818. The summed E-state index contributed by atoms with van der Waals surface area (Å²) in [6, 6.07) is 8.38. The van der Waals surface area contributed by atoms with Crippen LogP contribution in [0.3, 0.4) is 0 Å². The van der Waals surface area contributed by atoms with E-state index in [1.54, 1.807) is 27.7 Å². The molecule has 0 saturated heterocycles. The molecule has 0 spiro atoms. The summed E-state index contributed by atoms with van der Waals surface area (Å²) in [5.41, 5.74) is -4.82. The molecule has 4 rings (SSSR count). The van der Waals surface area contributed by atoms with Gasteiger partial charge in [0.1, 0.15) is 23.4 Å². The first-order valence-electron chi connectivity index (χ1n) is 17.3. The Kier molecular flexibility index (Phi) is 13.7. The third-order valence-electron chi connectivity index (χ3n) is 8.60. The lowest BCUT2D eigenvalue weighted by Crippen LogP contribution is -2.35. The van der Waals surface area contributed by atoms with Gasteiger partial charge in [0.25, 0.3) is 0 Å². The largest absolute Gasteiger partial charge is 0.514 e. The number of carbonyl (C=O) groups is 1. The second-order valence-corrected chi connectivity index (χ2v) is 13.5. The van der Waals surface area contributed by atoms with Crippen LogP contribution in [0.15, 0.2) is 66.7 Å². The Balaban J connectivity index is 1.82. The molecule has 0 aromatic heterocycles. The second-order valence-electron chi connectivity index (χ2n) is 13.5. The van der Waals surface area contributed by atoms with Gasteiger partial charge in [-0.05, 0) is 97.5 Å². The third kappa shape index (κ3) is 11.2. The van der Waals surface area contributed by atoms with Crippen LogP contribution < -0.4 is 24.3 Å². The molecule has 0 heterocycles. The van der Waals surface area contributed by atoms with Crippen molar-refractivity contribution in [3.63, 3.8) is 0 Å². The van der Waals surface area contributed by atoms with E-state index < -0.39 is 77.5 Å². The lowest BCUT2D eigenvalue weighted by atomic mass is 9.92. The van der Waals surface area contributed by atoms with Gasteiger partial charge in [0, 0.05) is 30.3 Å². The van der Waals surface area contributed by atoms with Crippen molar-refractivity contribution in [2.24, 2.45) is 0 Å². The fourth-order valence-electron chi connectivity index (χ4n) is 5.82. The van der Waals surface area contributed by atoms with Gasteiger partial charge in [-0.2, -0.15) is 39.5 Å². The minimum absolute atomic E-state index is 0.0172. The Bertz CT molecular complexity index is 2010. The van der Waals surface area contributed by atoms with E-state index >= 15 is 0 Å². The predicted molar refractivity (Wildman–Crippen MR) is 189 cm³/mol. The Hall–Kier alpha value is -5.19. The molecule has 0 fully saturated rings. The number of hydrogen-bond acceptors (Lipinski definition) is 7. The number of ether oxygens (including phenoxy) is 5. The zero-order valence-electron chi connectivity index (χ0n) is 31.6. The van der Waals surface area contributed by atoms with Crippen molar-refractivity contribution >= 4 is 6.16 Å². The monoisotopic (exact) mass is 819 g/mol. The lowest BCUT2D eigenvalue weighted by molar-refractivity contribution is -0.143. The molecule has 310 valence electrons. The minimum Gasteiger partial charge on any atom is -0.497 e. The number of halogens is 10. The van der Waals surface area contributed by atoms with Crippen molar-refractivity contribution in [2.75, 3.05) is 14.2 Å². The molecule has 2 atom stereocenters. The van der Waals surface area contributed by atoms with Gasteiger partial charge in [-0.25, -0.2) is 9.18 Å². The van der Waals surface area contributed by atoms with Crippen LogP contribution in [0.2, 0.25) is 0 Å². The number of alkyl halides is 9. The molecule has 7 nitrogen and oxygen atoms in total. The SMILES string of the molecule is COc1ccc(OC(=O)O[C@H](c2cc(C(F)(F)F)cc(C(F)(F)F)c2)[C@H](C)NCc2cc(C(F)(F)F)ccc2-c2cc(C(C)C)c(F)cc2OC)c(OC(C)C)c1. The van der Waals surface area contributed by atoms with Crippen molar-refractivity contribution in [2.45, 2.75) is 83.9 Å². The third-order valence-corrected chi connectivity index (χ3v) is 8.60. The van der Waals surface area contributed by atoms with Crippen LogP contribution in [-0.4, -0.2) is 32.5 Å². The zero-order valence-corrected chi connectivity index (χ0v) is 31.6. The van der Waals surface area contributed by atoms with E-state index in [9.17, 15) is 48.7 Å². The maximum absolute atomic E-state index is 14.9. The normalized spacial score (nSPS) is 13.4. The molecule has 0 radical (unpaired) electrons. The molecule has 0 bridgehead atoms. The van der Waals surface area contributed by atoms with Gasteiger partial charge in [-0.15, -0.1) is 0 Å². The molecule has 0 unspecified atom stereocenters. The number of methoxy groups -OCH3 is 2. The van der Waals surface area contributed by atoms with E-state index in [0.29, 0.717) is 17.9 Å². The lowest BCUT2D eigenvalue weighted by Gasteiger charge is -2.27. The van der Waals surface area contributed by atoms with Gasteiger partial charge >= 0.3 is 24.7 Å². The summed E-state index contributed by atoms with van der Waals surface area (Å²) >= 11 is 0. The molecule has 4 aromatic rings. The average molecular weight is 820 g/mol. The van der Waals surface area contributed by atoms with Crippen molar-refractivity contribution in [1.29, 1.82) is 0 Å². The summed E-state index contributed by atoms with van der Waals surface area (Å²) in [6.45, 7) is 7.41. The number of carbonyl (C=O) groups excluding carboxylic acids is 1. The summed E-state index contributed by atoms with van der Waals surface area (Å²) in [5, 5.41) is 2.79. The second kappa shape index (κ2) is 17.5. The first-order chi connectivity index (χ1) is 26.4. The summed E-state index contributed by atoms with van der Waals surface area (Å²) in [5.74, 6) is -0.984. The fourth-order valence-corrected chi connectivity index (χ4v) is 5.82. The molecule has 0 saturated carbocycles.